The summed E-state index contributed by atoms with van der Waals surface area (Å²) in [5.41, 5.74) is 16.8. The Morgan fingerprint density at radius 3 is 1.32 bits per heavy atom. The zero-order chi connectivity index (χ0) is 41.2. The monoisotopic (exact) mass is 789 g/mol. The van der Waals surface area contributed by atoms with Crippen molar-refractivity contribution in [1.29, 1.82) is 0 Å². The molecule has 0 spiro atoms. The molecule has 0 aliphatic rings. The molecule has 0 fully saturated rings. The fourth-order valence-corrected chi connectivity index (χ4v) is 8.56. The van der Waals surface area contributed by atoms with Gasteiger partial charge < -0.3 is 0 Å². The fraction of sp³-hybridized carbons (Fsp3) is 0. The van der Waals surface area contributed by atoms with E-state index in [-0.39, 0.29) is 0 Å². The molecule has 0 radical (unpaired) electrons. The van der Waals surface area contributed by atoms with E-state index in [0.717, 1.165) is 94.7 Å². The molecule has 0 atom stereocenters. The van der Waals surface area contributed by atoms with E-state index in [9.17, 15) is 0 Å². The summed E-state index contributed by atoms with van der Waals surface area (Å²) < 4.78 is 0. The van der Waals surface area contributed by atoms with Gasteiger partial charge >= 0.3 is 0 Å². The van der Waals surface area contributed by atoms with E-state index in [1.54, 1.807) is 0 Å². The summed E-state index contributed by atoms with van der Waals surface area (Å²) in [6.45, 7) is 0. The van der Waals surface area contributed by atoms with Crippen LogP contribution in [0.1, 0.15) is 0 Å². The Balaban J connectivity index is 1.07. The number of fused-ring (bicyclic) bond motifs is 3. The van der Waals surface area contributed by atoms with Crippen molar-refractivity contribution in [1.82, 2.24) is 15.0 Å². The maximum atomic E-state index is 5.47. The zero-order valence-corrected chi connectivity index (χ0v) is 33.9. The zero-order valence-electron chi connectivity index (χ0n) is 33.9. The van der Waals surface area contributed by atoms with Crippen LogP contribution in [-0.2, 0) is 0 Å². The van der Waals surface area contributed by atoms with Crippen molar-refractivity contribution in [2.24, 2.45) is 0 Å². The molecule has 0 bridgehead atoms. The number of nitrogens with zero attached hydrogens (tertiary/aromatic N) is 3. The van der Waals surface area contributed by atoms with Gasteiger partial charge in [0.2, 0.25) is 0 Å². The second kappa shape index (κ2) is 16.1. The van der Waals surface area contributed by atoms with Crippen molar-refractivity contribution in [3.63, 3.8) is 0 Å². The van der Waals surface area contributed by atoms with Crippen molar-refractivity contribution in [3.05, 3.63) is 237 Å². The average Bonchev–Trinajstić information content (AvgIpc) is 3.37. The van der Waals surface area contributed by atoms with Gasteiger partial charge in [-0.05, 0) is 80.0 Å². The van der Waals surface area contributed by atoms with Crippen molar-refractivity contribution in [2.45, 2.75) is 0 Å². The second-order valence-corrected chi connectivity index (χ2v) is 15.6. The molecule has 0 aliphatic carbocycles. The number of benzene rings is 9. The Morgan fingerprint density at radius 1 is 0.242 bits per heavy atom. The lowest BCUT2D eigenvalue weighted by Crippen LogP contribution is -1.97. The smallest absolute Gasteiger partial charge is 0.160 e. The van der Waals surface area contributed by atoms with Gasteiger partial charge in [-0.25, -0.2) is 15.0 Å². The summed E-state index contributed by atoms with van der Waals surface area (Å²) in [6.07, 6.45) is 0. The third-order valence-electron chi connectivity index (χ3n) is 11.7. The number of hydrogen-bond acceptors (Lipinski definition) is 3. The summed E-state index contributed by atoms with van der Waals surface area (Å²) in [5, 5.41) is 3.50. The first kappa shape index (κ1) is 36.8. The van der Waals surface area contributed by atoms with Crippen molar-refractivity contribution >= 4 is 21.7 Å². The van der Waals surface area contributed by atoms with Gasteiger partial charge in [0.1, 0.15) is 0 Å². The second-order valence-electron chi connectivity index (χ2n) is 15.6. The highest BCUT2D eigenvalue weighted by Crippen LogP contribution is 2.42. The number of pyridine rings is 1. The summed E-state index contributed by atoms with van der Waals surface area (Å²) >= 11 is 0. The lowest BCUT2D eigenvalue weighted by Gasteiger charge is -2.17. The third kappa shape index (κ3) is 7.12. The topological polar surface area (TPSA) is 38.7 Å². The van der Waals surface area contributed by atoms with Crippen LogP contribution in [0.4, 0.5) is 0 Å². The maximum Gasteiger partial charge on any atom is 0.160 e. The van der Waals surface area contributed by atoms with Crippen LogP contribution in [0.5, 0.6) is 0 Å². The lowest BCUT2D eigenvalue weighted by atomic mass is 9.90. The Hall–Kier alpha value is -8.27. The summed E-state index contributed by atoms with van der Waals surface area (Å²) in [5.74, 6) is 0.677. The number of rotatable bonds is 8. The molecule has 0 aliphatic heterocycles. The molecule has 2 aromatic heterocycles. The van der Waals surface area contributed by atoms with E-state index in [1.165, 1.54) is 10.8 Å². The minimum absolute atomic E-state index is 0.677. The standard InChI is InChI=1S/C59H39N3/c1-5-17-40(18-6-1)46-26-15-28-49(35-46)56-39-55(61-59(62-56)50-29-16-27-47(36-50)41-19-7-2-8-20-41)45-33-31-43(32-34-45)53-37-48-25-13-14-30-51(48)57-52(42-21-9-3-10-22-42)38-54(60-58(53)57)44-23-11-4-12-24-44/h1-39H. The van der Waals surface area contributed by atoms with E-state index >= 15 is 0 Å². The van der Waals surface area contributed by atoms with Crippen molar-refractivity contribution in [3.8, 4) is 89.7 Å². The maximum absolute atomic E-state index is 5.47. The fourth-order valence-electron chi connectivity index (χ4n) is 8.56. The molecular formula is C59H39N3. The van der Waals surface area contributed by atoms with Crippen LogP contribution in [-0.4, -0.2) is 15.0 Å². The third-order valence-corrected chi connectivity index (χ3v) is 11.7. The van der Waals surface area contributed by atoms with Crippen LogP contribution in [0.15, 0.2) is 237 Å². The van der Waals surface area contributed by atoms with E-state index < -0.39 is 0 Å². The highest BCUT2D eigenvalue weighted by molar-refractivity contribution is 6.18. The SMILES string of the molecule is c1ccc(-c2cccc(-c3cc(-c4ccc(-c5cc6ccccc6c6c(-c7ccccc7)cc(-c7ccccc7)nc56)cc4)nc(-c4cccc(-c5ccccc5)c4)n3)c2)cc1. The largest absolute Gasteiger partial charge is 0.247 e. The van der Waals surface area contributed by atoms with Crippen LogP contribution in [0.3, 0.4) is 0 Å². The molecule has 9 aromatic carbocycles. The van der Waals surface area contributed by atoms with Crippen LogP contribution >= 0.6 is 0 Å². The van der Waals surface area contributed by atoms with Gasteiger partial charge in [-0.1, -0.05) is 206 Å². The molecule has 0 saturated heterocycles. The summed E-state index contributed by atoms with van der Waals surface area (Å²) in [4.78, 5) is 16.0. The highest BCUT2D eigenvalue weighted by Gasteiger charge is 2.18. The van der Waals surface area contributed by atoms with Gasteiger partial charge in [0.15, 0.2) is 5.82 Å². The quantitative estimate of drug-likeness (QED) is 0.144. The molecule has 2 heterocycles. The van der Waals surface area contributed by atoms with Gasteiger partial charge in [0.25, 0.3) is 0 Å². The molecule has 0 saturated carbocycles. The molecular weight excluding hydrogens is 751 g/mol. The first-order chi connectivity index (χ1) is 30.7. The van der Waals surface area contributed by atoms with Crippen LogP contribution in [0.25, 0.3) is 111 Å². The highest BCUT2D eigenvalue weighted by atomic mass is 14.9. The minimum Gasteiger partial charge on any atom is -0.247 e. The molecule has 290 valence electrons. The van der Waals surface area contributed by atoms with Gasteiger partial charge in [0.05, 0.1) is 22.6 Å². The average molecular weight is 790 g/mol. The van der Waals surface area contributed by atoms with E-state index in [2.05, 4.69) is 224 Å². The molecule has 62 heavy (non-hydrogen) atoms. The molecule has 3 nitrogen and oxygen atoms in total. The first-order valence-corrected chi connectivity index (χ1v) is 21.0. The predicted octanol–water partition coefficient (Wildman–Crippen LogP) is 15.5. The van der Waals surface area contributed by atoms with Gasteiger partial charge in [-0.2, -0.15) is 0 Å². The Labute approximate surface area is 361 Å². The van der Waals surface area contributed by atoms with E-state index in [4.69, 9.17) is 15.0 Å². The first-order valence-electron chi connectivity index (χ1n) is 21.0. The van der Waals surface area contributed by atoms with Crippen molar-refractivity contribution in [2.75, 3.05) is 0 Å². The number of aromatic nitrogens is 3. The van der Waals surface area contributed by atoms with Gasteiger partial charge in [-0.3, -0.25) is 0 Å². The normalized spacial score (nSPS) is 11.2. The Kier molecular flexibility index (Phi) is 9.53. The van der Waals surface area contributed by atoms with Crippen LogP contribution < -0.4 is 0 Å². The molecule has 0 unspecified atom stereocenters. The van der Waals surface area contributed by atoms with E-state index in [1.807, 2.05) is 12.1 Å². The predicted molar refractivity (Wildman–Crippen MR) is 258 cm³/mol. The Bertz CT molecular complexity index is 3260. The summed E-state index contributed by atoms with van der Waals surface area (Å²) in [7, 11) is 0. The summed E-state index contributed by atoms with van der Waals surface area (Å²) in [6, 6.07) is 83.4. The van der Waals surface area contributed by atoms with Crippen LogP contribution in [0, 0.1) is 0 Å². The minimum atomic E-state index is 0.677. The van der Waals surface area contributed by atoms with Gasteiger partial charge in [-0.15, -0.1) is 0 Å². The molecule has 11 aromatic rings. The molecule has 0 amide bonds. The molecule has 0 N–H and O–H groups in total. The molecule has 3 heteroatoms. The van der Waals surface area contributed by atoms with Gasteiger partial charge in [0, 0.05) is 33.2 Å². The lowest BCUT2D eigenvalue weighted by molar-refractivity contribution is 1.18. The Morgan fingerprint density at radius 2 is 0.677 bits per heavy atom. The van der Waals surface area contributed by atoms with Crippen LogP contribution in [0.2, 0.25) is 0 Å². The van der Waals surface area contributed by atoms with E-state index in [0.29, 0.717) is 5.82 Å². The molecule has 11 rings (SSSR count). The van der Waals surface area contributed by atoms with Crippen molar-refractivity contribution < 1.29 is 0 Å². The number of hydrogen-bond donors (Lipinski definition) is 0.